The maximum absolute atomic E-state index is 8.17. The molecule has 41 heavy (non-hydrogen) atoms. The highest BCUT2D eigenvalue weighted by Crippen LogP contribution is 2.46. The van der Waals surface area contributed by atoms with Crippen LogP contribution in [0.3, 0.4) is 0 Å². The first kappa shape index (κ1) is 41.5. The van der Waals surface area contributed by atoms with E-state index in [1.165, 1.54) is 154 Å². The van der Waals surface area contributed by atoms with Gasteiger partial charge in [-0.1, -0.05) is 119 Å². The fraction of sp³-hybridized carbons (Fsp3) is 1.00. The second-order valence-electron chi connectivity index (χ2n) is 13.5. The van der Waals surface area contributed by atoms with Crippen molar-refractivity contribution in [1.29, 1.82) is 0 Å². The highest BCUT2D eigenvalue weighted by atomic mass is 35.5. The Labute approximate surface area is 270 Å². The highest BCUT2D eigenvalue weighted by molar-refractivity contribution is 6.45. The Kier molecular flexibility index (Phi) is 27.2. The Balaban J connectivity index is 6.63. The molecule has 0 bridgehead atoms. The number of halogens is 2. The van der Waals surface area contributed by atoms with Crippen LogP contribution >= 0.6 is 23.2 Å². The van der Waals surface area contributed by atoms with Crippen LogP contribution in [0.4, 0.5) is 0 Å². The predicted molar refractivity (Wildman–Crippen MR) is 189 cm³/mol. The summed E-state index contributed by atoms with van der Waals surface area (Å²) in [5, 5.41) is 0. The third-order valence-corrected chi connectivity index (χ3v) is 11.2. The van der Waals surface area contributed by atoms with Crippen LogP contribution in [0.1, 0.15) is 196 Å². The first-order chi connectivity index (χ1) is 19.9. The van der Waals surface area contributed by atoms with Crippen molar-refractivity contribution in [2.75, 3.05) is 39.3 Å². The van der Waals surface area contributed by atoms with Crippen LogP contribution in [0, 0.1) is 0 Å². The molecule has 0 N–H and O–H groups in total. The summed E-state index contributed by atoms with van der Waals surface area (Å²) >= 11 is 16.3. The van der Waals surface area contributed by atoms with E-state index in [0.717, 1.165) is 48.2 Å². The van der Waals surface area contributed by atoms with Gasteiger partial charge >= 0.3 is 4.58 Å². The average Bonchev–Trinajstić information content (AvgIpc) is 2.97. The van der Waals surface area contributed by atoms with Gasteiger partial charge in [-0.05, 0) is 77.0 Å². The summed E-state index contributed by atoms with van der Waals surface area (Å²) in [6.07, 6.45) is 31.1. The minimum absolute atomic E-state index is 0.769. The van der Waals surface area contributed by atoms with Crippen molar-refractivity contribution in [2.45, 2.75) is 200 Å². The second-order valence-corrected chi connectivity index (χ2v) is 14.8. The molecule has 0 spiro atoms. The maximum Gasteiger partial charge on any atom is 0.386 e. The number of hydrogen-bond donors (Lipinski definition) is 0. The fourth-order valence-electron chi connectivity index (χ4n) is 6.98. The zero-order valence-corrected chi connectivity index (χ0v) is 30.9. The molecule has 0 aliphatic heterocycles. The predicted octanol–water partition coefficient (Wildman–Crippen LogP) is 13.2. The molecule has 0 saturated heterocycles. The molecule has 248 valence electrons. The molecule has 0 aliphatic rings. The van der Waals surface area contributed by atoms with E-state index in [1.54, 1.807) is 0 Å². The quantitative estimate of drug-likeness (QED) is 0.0230. The summed E-state index contributed by atoms with van der Waals surface area (Å²) in [6.45, 7) is 20.9. The van der Waals surface area contributed by atoms with E-state index < -0.39 is 4.58 Å². The largest absolute Gasteiger partial charge is 0.386 e. The molecule has 0 amide bonds. The molecule has 2 nitrogen and oxygen atoms in total. The number of nitrogens with zero attached hydrogens (tertiary/aromatic N) is 2. The molecule has 0 aromatic rings. The molecule has 0 aromatic heterocycles. The summed E-state index contributed by atoms with van der Waals surface area (Å²) in [5.41, 5.74) is 0. The van der Waals surface area contributed by atoms with Gasteiger partial charge in [0.05, 0.1) is 39.3 Å². The van der Waals surface area contributed by atoms with Crippen LogP contribution in [0.25, 0.3) is 0 Å². The van der Waals surface area contributed by atoms with Crippen LogP contribution in [0.2, 0.25) is 0 Å². The van der Waals surface area contributed by atoms with Crippen molar-refractivity contribution in [1.82, 2.24) is 0 Å². The van der Waals surface area contributed by atoms with E-state index in [-0.39, 0.29) is 0 Å². The number of hydrogen-bond acceptors (Lipinski definition) is 0. The smallest absolute Gasteiger partial charge is 0.243 e. The molecule has 0 rings (SSSR count). The molecule has 0 heterocycles. The normalized spacial score (nSPS) is 12.9. The Hall–Kier alpha value is 0.500. The monoisotopic (exact) mass is 621 g/mol. The topological polar surface area (TPSA) is 0 Å². The summed E-state index contributed by atoms with van der Waals surface area (Å²) < 4.78 is 1.10. The van der Waals surface area contributed by atoms with Crippen LogP contribution in [-0.2, 0) is 0 Å². The van der Waals surface area contributed by atoms with Crippen LogP contribution in [0.15, 0.2) is 0 Å². The molecule has 0 aliphatic carbocycles. The van der Waals surface area contributed by atoms with E-state index in [0.29, 0.717) is 0 Å². The average molecular weight is 622 g/mol. The van der Waals surface area contributed by atoms with Gasteiger partial charge in [0, 0.05) is 23.2 Å². The summed E-state index contributed by atoms with van der Waals surface area (Å²) in [6, 6.07) is 0. The lowest BCUT2D eigenvalue weighted by molar-refractivity contribution is -1.13. The molecule has 0 radical (unpaired) electrons. The standard InChI is InChI=1S/C37H78Cl2N2/c1-7-13-19-25-31-40(32-26-20-14-8-2,33-27-21-15-9-3)37(38,39)41(34-28-22-16-10-4,35-29-23-17-11-5)36-30-24-18-12-6/h7-36H2,1-6H3/q+2. The van der Waals surface area contributed by atoms with Crippen molar-refractivity contribution in [3.63, 3.8) is 0 Å². The van der Waals surface area contributed by atoms with Crippen molar-refractivity contribution < 1.29 is 8.97 Å². The number of rotatable bonds is 32. The maximum atomic E-state index is 8.17. The van der Waals surface area contributed by atoms with Gasteiger partial charge in [-0.3, -0.25) is 0 Å². The lowest BCUT2D eigenvalue weighted by atomic mass is 10.1. The fourth-order valence-corrected chi connectivity index (χ4v) is 7.99. The van der Waals surface area contributed by atoms with Gasteiger partial charge in [0.25, 0.3) is 0 Å². The molecule has 4 heteroatoms. The summed E-state index contributed by atoms with van der Waals surface area (Å²) in [7, 11) is 0. The SMILES string of the molecule is CCCCCC[N+](CCCCCC)(CCCCCC)C(Cl)(Cl)[N+](CCCCCC)(CCCCCC)CCCCCC. The minimum atomic E-state index is -0.769. The zero-order valence-electron chi connectivity index (χ0n) is 29.4. The third-order valence-electron chi connectivity index (χ3n) is 9.78. The number of quaternary nitrogens is 2. The molecular weight excluding hydrogens is 543 g/mol. The van der Waals surface area contributed by atoms with Gasteiger partial charge in [0.1, 0.15) is 0 Å². The summed E-state index contributed by atoms with van der Waals surface area (Å²) in [4.78, 5) is 0. The zero-order chi connectivity index (χ0) is 30.7. The Morgan fingerprint density at radius 2 is 0.463 bits per heavy atom. The summed E-state index contributed by atoms with van der Waals surface area (Å²) in [5.74, 6) is 0. The van der Waals surface area contributed by atoms with Gasteiger partial charge < -0.3 is 0 Å². The second kappa shape index (κ2) is 26.9. The first-order valence-electron chi connectivity index (χ1n) is 19.0. The van der Waals surface area contributed by atoms with Gasteiger partial charge in [-0.15, -0.1) is 0 Å². The van der Waals surface area contributed by atoms with E-state index in [2.05, 4.69) is 41.5 Å². The van der Waals surface area contributed by atoms with Crippen LogP contribution in [0.5, 0.6) is 0 Å². The third kappa shape index (κ3) is 16.4. The van der Waals surface area contributed by atoms with Gasteiger partial charge in [0.15, 0.2) is 0 Å². The highest BCUT2D eigenvalue weighted by Gasteiger charge is 2.62. The van der Waals surface area contributed by atoms with Crippen molar-refractivity contribution in [2.24, 2.45) is 0 Å². The Morgan fingerprint density at radius 1 is 0.293 bits per heavy atom. The van der Waals surface area contributed by atoms with Crippen LogP contribution < -0.4 is 0 Å². The Bertz CT molecular complexity index is 442. The van der Waals surface area contributed by atoms with E-state index in [4.69, 9.17) is 23.2 Å². The molecule has 0 fully saturated rings. The molecule has 0 atom stereocenters. The van der Waals surface area contributed by atoms with Gasteiger partial charge in [-0.2, -0.15) is 0 Å². The van der Waals surface area contributed by atoms with E-state index in [1.807, 2.05) is 0 Å². The number of alkyl halides is 2. The van der Waals surface area contributed by atoms with Crippen molar-refractivity contribution in [3.05, 3.63) is 0 Å². The first-order valence-corrected chi connectivity index (χ1v) is 19.7. The minimum Gasteiger partial charge on any atom is -0.243 e. The van der Waals surface area contributed by atoms with Crippen molar-refractivity contribution in [3.8, 4) is 0 Å². The van der Waals surface area contributed by atoms with Gasteiger partial charge in [-0.25, -0.2) is 8.97 Å². The Morgan fingerprint density at radius 3 is 0.610 bits per heavy atom. The molecule has 0 saturated carbocycles. The molecule has 0 aromatic carbocycles. The molecular formula is C37H78Cl2N2+2. The van der Waals surface area contributed by atoms with E-state index in [9.17, 15) is 0 Å². The van der Waals surface area contributed by atoms with E-state index >= 15 is 0 Å². The van der Waals surface area contributed by atoms with Crippen molar-refractivity contribution >= 4 is 23.2 Å². The van der Waals surface area contributed by atoms with Crippen LogP contribution in [-0.4, -0.2) is 52.8 Å². The lowest BCUT2D eigenvalue weighted by Gasteiger charge is -2.55. The molecule has 0 unspecified atom stereocenters. The number of unbranched alkanes of at least 4 members (excludes halogenated alkanes) is 18. The van der Waals surface area contributed by atoms with Gasteiger partial charge in [0.2, 0.25) is 0 Å². The lowest BCUT2D eigenvalue weighted by Crippen LogP contribution is -2.75.